The Bertz CT molecular complexity index is 4600. The molecule has 16 rings (SSSR count). The van der Waals surface area contributed by atoms with Gasteiger partial charge in [0.05, 0.1) is 5.41 Å². The van der Waals surface area contributed by atoms with Crippen LogP contribution in [0.1, 0.15) is 22.3 Å². The van der Waals surface area contributed by atoms with E-state index in [4.69, 9.17) is 0 Å². The SMILES string of the molecule is c1ccc(-c2cccc(-c3cc(-c4ccccc4)cc(-c4ccccc4)c3)c2)cc1.c1ccc(-c2cccc(-c3ccc4c5ccccc5c5ccccc5c4c3)c2)cc1.c1ccc(C2(c3ccccc3)c3ccccc3-c3ccccc32)cc1. The topological polar surface area (TPSA) is 0 Å². The number of rotatable bonds is 8. The van der Waals surface area contributed by atoms with Crippen molar-refractivity contribution < 1.29 is 0 Å². The molecule has 400 valence electrons. The van der Waals surface area contributed by atoms with Crippen molar-refractivity contribution in [2.24, 2.45) is 0 Å². The molecule has 0 amide bonds. The average Bonchev–Trinajstić information content (AvgIpc) is 1.79. The quantitative estimate of drug-likeness (QED) is 0.133. The van der Waals surface area contributed by atoms with Crippen LogP contribution in [-0.4, -0.2) is 0 Å². The highest BCUT2D eigenvalue weighted by molar-refractivity contribution is 6.25. The van der Waals surface area contributed by atoms with Gasteiger partial charge in [0.1, 0.15) is 0 Å². The highest BCUT2D eigenvalue weighted by Crippen LogP contribution is 2.56. The van der Waals surface area contributed by atoms with Gasteiger partial charge >= 0.3 is 0 Å². The van der Waals surface area contributed by atoms with Crippen molar-refractivity contribution in [2.75, 3.05) is 0 Å². The minimum absolute atomic E-state index is 0.254. The fourth-order valence-electron chi connectivity index (χ4n) is 12.9. The summed E-state index contributed by atoms with van der Waals surface area (Å²) in [5.74, 6) is 0. The second-order valence-electron chi connectivity index (χ2n) is 21.8. The molecule has 1 aliphatic carbocycles. The molecule has 0 spiro atoms. The van der Waals surface area contributed by atoms with Gasteiger partial charge in [-0.2, -0.15) is 0 Å². The predicted octanol–water partition coefficient (Wildman–Crippen LogP) is 22.9. The first kappa shape index (κ1) is 52.2. The van der Waals surface area contributed by atoms with Gasteiger partial charge in [0.25, 0.3) is 0 Å². The van der Waals surface area contributed by atoms with E-state index in [9.17, 15) is 0 Å². The van der Waals surface area contributed by atoms with E-state index in [0.717, 1.165) is 0 Å². The summed E-state index contributed by atoms with van der Waals surface area (Å²) in [5, 5.41) is 7.89. The maximum atomic E-state index is 2.36. The van der Waals surface area contributed by atoms with E-state index in [1.54, 1.807) is 0 Å². The van der Waals surface area contributed by atoms with Gasteiger partial charge in [-0.25, -0.2) is 0 Å². The molecule has 0 heteroatoms. The molecule has 85 heavy (non-hydrogen) atoms. The van der Waals surface area contributed by atoms with Crippen molar-refractivity contribution >= 4 is 32.3 Å². The molecular formula is C85H60. The molecule has 0 radical (unpaired) electrons. The molecule has 0 fully saturated rings. The van der Waals surface area contributed by atoms with Crippen molar-refractivity contribution in [1.29, 1.82) is 0 Å². The lowest BCUT2D eigenvalue weighted by Gasteiger charge is -2.33. The van der Waals surface area contributed by atoms with Gasteiger partial charge in [-0.3, -0.25) is 0 Å². The Kier molecular flexibility index (Phi) is 14.4. The average molecular weight is 1080 g/mol. The van der Waals surface area contributed by atoms with Crippen LogP contribution in [0.5, 0.6) is 0 Å². The Morgan fingerprint density at radius 2 is 0.388 bits per heavy atom. The van der Waals surface area contributed by atoms with Crippen LogP contribution in [0.15, 0.2) is 364 Å². The summed E-state index contributed by atoms with van der Waals surface area (Å²) < 4.78 is 0. The zero-order valence-corrected chi connectivity index (χ0v) is 47.1. The van der Waals surface area contributed by atoms with E-state index >= 15 is 0 Å². The highest BCUT2D eigenvalue weighted by Gasteiger charge is 2.45. The Labute approximate surface area is 498 Å². The van der Waals surface area contributed by atoms with Crippen LogP contribution in [0.3, 0.4) is 0 Å². The Morgan fingerprint density at radius 1 is 0.141 bits per heavy atom. The van der Waals surface area contributed by atoms with Gasteiger partial charge in [0.2, 0.25) is 0 Å². The second kappa shape index (κ2) is 23.5. The van der Waals surface area contributed by atoms with Crippen molar-refractivity contribution in [3.05, 3.63) is 386 Å². The van der Waals surface area contributed by atoms with Crippen LogP contribution >= 0.6 is 0 Å². The van der Waals surface area contributed by atoms with Gasteiger partial charge in [0, 0.05) is 0 Å². The van der Waals surface area contributed by atoms with E-state index < -0.39 is 0 Å². The van der Waals surface area contributed by atoms with Crippen molar-refractivity contribution in [2.45, 2.75) is 5.41 Å². The van der Waals surface area contributed by atoms with Gasteiger partial charge in [0.15, 0.2) is 0 Å². The van der Waals surface area contributed by atoms with Gasteiger partial charge < -0.3 is 0 Å². The molecule has 0 aliphatic heterocycles. The molecular weight excluding hydrogens is 1020 g/mol. The first-order chi connectivity index (χ1) is 42.2. The lowest BCUT2D eigenvalue weighted by atomic mass is 9.68. The largest absolute Gasteiger partial charge is 0.0713 e. The standard InChI is InChI=1S/C30H20.C30H22.C25H18/c1-2-9-21(10-3-1)22-11-8-12-23(19-22)24-17-18-29-27-15-5-4-13-25(27)26-14-6-7-16-28(26)30(29)20-24;1-4-11-23(12-5-1)26-17-10-18-27(19-26)30-21-28(24-13-6-2-7-14-24)20-29(22-30)25-15-8-3-9-16-25;1-3-11-19(12-4-1)25(20-13-5-2-6-14-20)23-17-9-7-15-21(23)22-16-8-10-18-24(22)25/h1-20H;1-22H;1-18H. The molecule has 0 saturated carbocycles. The van der Waals surface area contributed by atoms with Gasteiger partial charge in [-0.05, 0) is 169 Å². The maximum Gasteiger partial charge on any atom is 0.0713 e. The van der Waals surface area contributed by atoms with E-state index in [1.807, 2.05) is 0 Å². The number of benzene rings is 15. The summed E-state index contributed by atoms with van der Waals surface area (Å²) in [5.41, 5.74) is 22.7. The second-order valence-corrected chi connectivity index (χ2v) is 21.8. The lowest BCUT2D eigenvalue weighted by molar-refractivity contribution is 0.768. The van der Waals surface area contributed by atoms with Crippen LogP contribution in [0.25, 0.3) is 110 Å². The van der Waals surface area contributed by atoms with Crippen molar-refractivity contribution in [1.82, 2.24) is 0 Å². The van der Waals surface area contributed by atoms with Crippen molar-refractivity contribution in [3.63, 3.8) is 0 Å². The third-order valence-electron chi connectivity index (χ3n) is 16.9. The first-order valence-corrected chi connectivity index (χ1v) is 29.4. The molecule has 15 aromatic rings. The minimum atomic E-state index is -0.254. The zero-order valence-electron chi connectivity index (χ0n) is 47.1. The molecule has 0 bridgehead atoms. The van der Waals surface area contributed by atoms with Crippen molar-refractivity contribution in [3.8, 4) is 77.9 Å². The third-order valence-corrected chi connectivity index (χ3v) is 16.9. The minimum Gasteiger partial charge on any atom is -0.0622 e. The molecule has 0 heterocycles. The molecule has 0 N–H and O–H groups in total. The Balaban J connectivity index is 0.000000114. The van der Waals surface area contributed by atoms with Gasteiger partial charge in [-0.1, -0.05) is 328 Å². The molecule has 0 aromatic heterocycles. The van der Waals surface area contributed by atoms with Crippen LogP contribution < -0.4 is 0 Å². The molecule has 1 aliphatic rings. The Morgan fingerprint density at radius 3 is 0.788 bits per heavy atom. The third kappa shape index (κ3) is 10.2. The normalized spacial score (nSPS) is 11.9. The number of hydrogen-bond donors (Lipinski definition) is 0. The summed E-state index contributed by atoms with van der Waals surface area (Å²) in [4.78, 5) is 0. The monoisotopic (exact) mass is 1080 g/mol. The zero-order chi connectivity index (χ0) is 56.8. The summed E-state index contributed by atoms with van der Waals surface area (Å²) >= 11 is 0. The molecule has 0 saturated heterocycles. The van der Waals surface area contributed by atoms with E-state index in [0.29, 0.717) is 0 Å². The summed E-state index contributed by atoms with van der Waals surface area (Å²) in [6.45, 7) is 0. The smallest absolute Gasteiger partial charge is 0.0622 e. The number of hydrogen-bond acceptors (Lipinski definition) is 0. The highest BCUT2D eigenvalue weighted by atomic mass is 14.5. The predicted molar refractivity (Wildman–Crippen MR) is 362 cm³/mol. The Hall–Kier alpha value is -10.9. The van der Waals surface area contributed by atoms with Gasteiger partial charge in [-0.15, -0.1) is 0 Å². The van der Waals surface area contributed by atoms with E-state index in [1.165, 1.54) is 132 Å². The van der Waals surface area contributed by atoms with E-state index in [2.05, 4.69) is 364 Å². The first-order valence-electron chi connectivity index (χ1n) is 29.4. The summed E-state index contributed by atoms with van der Waals surface area (Å²) in [7, 11) is 0. The van der Waals surface area contributed by atoms with Crippen LogP contribution in [0.4, 0.5) is 0 Å². The lowest BCUT2D eigenvalue weighted by Crippen LogP contribution is -2.28. The van der Waals surface area contributed by atoms with Crippen LogP contribution in [0, 0.1) is 0 Å². The maximum absolute atomic E-state index is 2.36. The van der Waals surface area contributed by atoms with Crippen LogP contribution in [-0.2, 0) is 5.41 Å². The molecule has 0 unspecified atom stereocenters. The van der Waals surface area contributed by atoms with Crippen LogP contribution in [0.2, 0.25) is 0 Å². The molecule has 0 atom stereocenters. The number of fused-ring (bicyclic) bond motifs is 9. The summed E-state index contributed by atoms with van der Waals surface area (Å²) in [6.07, 6.45) is 0. The fourth-order valence-corrected chi connectivity index (χ4v) is 12.9. The summed E-state index contributed by atoms with van der Waals surface area (Å²) in [6, 6.07) is 131. The van der Waals surface area contributed by atoms with E-state index in [-0.39, 0.29) is 5.41 Å². The molecule has 0 nitrogen and oxygen atoms in total. The molecule has 15 aromatic carbocycles. The fraction of sp³-hybridized carbons (Fsp3) is 0.0118.